The second kappa shape index (κ2) is 8.11. The van der Waals surface area contributed by atoms with E-state index in [2.05, 4.69) is 5.32 Å². The molecule has 0 saturated heterocycles. The van der Waals surface area contributed by atoms with E-state index in [0.717, 1.165) is 18.2 Å². The van der Waals surface area contributed by atoms with Gasteiger partial charge < -0.3 is 15.3 Å². The fourth-order valence-corrected chi connectivity index (χ4v) is 2.41. The van der Waals surface area contributed by atoms with Gasteiger partial charge >= 0.3 is 0 Å². The molecule has 0 spiro atoms. The van der Waals surface area contributed by atoms with Crippen molar-refractivity contribution in [1.29, 1.82) is 0 Å². The zero-order valence-corrected chi connectivity index (χ0v) is 14.4. The van der Waals surface area contributed by atoms with Crippen molar-refractivity contribution in [2.75, 3.05) is 18.4 Å². The Kier molecular flexibility index (Phi) is 5.90. The Bertz CT molecular complexity index is 829. The van der Waals surface area contributed by atoms with Crippen LogP contribution in [0.1, 0.15) is 34.6 Å². The van der Waals surface area contributed by atoms with Crippen molar-refractivity contribution in [3.63, 3.8) is 0 Å². The number of phenolic OH excluding ortho intramolecular Hbond substituents is 1. The summed E-state index contributed by atoms with van der Waals surface area (Å²) >= 11 is 0. The largest absolute Gasteiger partial charge is 0.507 e. The van der Waals surface area contributed by atoms with Crippen molar-refractivity contribution in [3.05, 3.63) is 63.7 Å². The third kappa shape index (κ3) is 4.15. The van der Waals surface area contributed by atoms with E-state index in [4.69, 9.17) is 0 Å². The Morgan fingerprint density at radius 3 is 2.27 bits per heavy atom. The first kappa shape index (κ1) is 18.9. The van der Waals surface area contributed by atoms with Crippen molar-refractivity contribution >= 4 is 23.2 Å². The van der Waals surface area contributed by atoms with E-state index in [1.165, 1.54) is 0 Å². The number of phenols is 1. The average Bonchev–Trinajstić information content (AvgIpc) is 2.63. The van der Waals surface area contributed by atoms with Crippen LogP contribution in [0.3, 0.4) is 0 Å². The molecule has 0 aliphatic rings. The van der Waals surface area contributed by atoms with Gasteiger partial charge in [0.1, 0.15) is 5.75 Å². The second-order valence-electron chi connectivity index (χ2n) is 5.47. The van der Waals surface area contributed by atoms with E-state index in [0.29, 0.717) is 24.3 Å². The fraction of sp³-hybridized carbons (Fsp3) is 0.222. The van der Waals surface area contributed by atoms with Crippen LogP contribution in [0.2, 0.25) is 0 Å². The predicted octanol–water partition coefficient (Wildman–Crippen LogP) is 3.03. The highest BCUT2D eigenvalue weighted by molar-refractivity contribution is 6.06. The third-order valence-corrected chi connectivity index (χ3v) is 3.88. The predicted molar refractivity (Wildman–Crippen MR) is 96.4 cm³/mol. The molecule has 2 N–H and O–H groups in total. The van der Waals surface area contributed by atoms with Crippen LogP contribution in [0.15, 0.2) is 42.5 Å². The first-order valence-corrected chi connectivity index (χ1v) is 8.05. The molecule has 8 heteroatoms. The van der Waals surface area contributed by atoms with Crippen LogP contribution in [0.25, 0.3) is 0 Å². The summed E-state index contributed by atoms with van der Waals surface area (Å²) in [6.45, 7) is 4.97. The quantitative estimate of drug-likeness (QED) is 0.609. The maximum Gasteiger partial charge on any atom is 0.270 e. The molecule has 0 atom stereocenters. The second-order valence-corrected chi connectivity index (χ2v) is 5.47. The molecule has 0 aliphatic heterocycles. The topological polar surface area (TPSA) is 113 Å². The lowest BCUT2D eigenvalue weighted by Crippen LogP contribution is -2.30. The van der Waals surface area contributed by atoms with Crippen LogP contribution in [-0.2, 0) is 0 Å². The fourth-order valence-electron chi connectivity index (χ4n) is 2.41. The Morgan fingerprint density at radius 1 is 1.12 bits per heavy atom. The maximum atomic E-state index is 12.3. The molecule has 0 aliphatic carbocycles. The molecular formula is C18H19N3O5. The molecular weight excluding hydrogens is 338 g/mol. The third-order valence-electron chi connectivity index (χ3n) is 3.88. The molecule has 2 aromatic carbocycles. The first-order valence-electron chi connectivity index (χ1n) is 8.05. The molecule has 0 bridgehead atoms. The van der Waals surface area contributed by atoms with Gasteiger partial charge in [-0.3, -0.25) is 19.7 Å². The van der Waals surface area contributed by atoms with Gasteiger partial charge in [0.2, 0.25) is 0 Å². The van der Waals surface area contributed by atoms with Crippen molar-refractivity contribution < 1.29 is 19.6 Å². The summed E-state index contributed by atoms with van der Waals surface area (Å²) in [6.07, 6.45) is 0. The molecule has 2 aromatic rings. The zero-order chi connectivity index (χ0) is 19.3. The van der Waals surface area contributed by atoms with E-state index in [1.807, 2.05) is 13.8 Å². The number of nitrogens with zero attached hydrogens (tertiary/aromatic N) is 2. The molecule has 2 rings (SSSR count). The Hall–Kier alpha value is -3.42. The Labute approximate surface area is 150 Å². The van der Waals surface area contributed by atoms with Crippen LogP contribution in [-0.4, -0.2) is 39.8 Å². The van der Waals surface area contributed by atoms with Gasteiger partial charge in [0.25, 0.3) is 17.5 Å². The molecule has 0 saturated carbocycles. The smallest absolute Gasteiger partial charge is 0.270 e. The highest BCUT2D eigenvalue weighted by Crippen LogP contribution is 2.24. The van der Waals surface area contributed by atoms with Crippen LogP contribution >= 0.6 is 0 Å². The molecule has 8 nitrogen and oxygen atoms in total. The van der Waals surface area contributed by atoms with Crippen molar-refractivity contribution in [3.8, 4) is 5.75 Å². The summed E-state index contributed by atoms with van der Waals surface area (Å²) in [6, 6.07) is 9.50. The van der Waals surface area contributed by atoms with E-state index >= 15 is 0 Å². The molecule has 136 valence electrons. The summed E-state index contributed by atoms with van der Waals surface area (Å²) in [5, 5.41) is 23.1. The van der Waals surface area contributed by atoms with Crippen LogP contribution in [0, 0.1) is 10.1 Å². The van der Waals surface area contributed by atoms with Gasteiger partial charge in [-0.05, 0) is 44.2 Å². The SMILES string of the molecule is CCN(CC)C(=O)c1ccc(NC(=O)c2cc([N+](=O)[O-])ccc2O)cc1. The standard InChI is InChI=1S/C18H19N3O5/c1-3-20(4-2)18(24)12-5-7-13(8-6-12)19-17(23)15-11-14(21(25)26)9-10-16(15)22/h5-11,22H,3-4H2,1-2H3,(H,19,23). The molecule has 0 fully saturated rings. The van der Waals surface area contributed by atoms with Crippen LogP contribution < -0.4 is 5.32 Å². The number of carbonyl (C=O) groups is 2. The lowest BCUT2D eigenvalue weighted by atomic mass is 10.1. The Balaban J connectivity index is 2.17. The van der Waals surface area contributed by atoms with Gasteiger partial charge in [-0.15, -0.1) is 0 Å². The molecule has 0 radical (unpaired) electrons. The van der Waals surface area contributed by atoms with E-state index < -0.39 is 10.8 Å². The van der Waals surface area contributed by atoms with Gasteiger partial charge in [-0.1, -0.05) is 0 Å². The normalized spacial score (nSPS) is 10.2. The van der Waals surface area contributed by atoms with Crippen molar-refractivity contribution in [2.24, 2.45) is 0 Å². The van der Waals surface area contributed by atoms with Crippen LogP contribution in [0.5, 0.6) is 5.75 Å². The maximum absolute atomic E-state index is 12.3. The first-order chi connectivity index (χ1) is 12.4. The number of non-ortho nitro benzene ring substituents is 1. The molecule has 26 heavy (non-hydrogen) atoms. The molecule has 0 heterocycles. The number of aromatic hydroxyl groups is 1. The summed E-state index contributed by atoms with van der Waals surface area (Å²) in [4.78, 5) is 36.3. The van der Waals surface area contributed by atoms with Gasteiger partial charge in [-0.2, -0.15) is 0 Å². The number of carbonyl (C=O) groups excluding carboxylic acids is 2. The summed E-state index contributed by atoms with van der Waals surface area (Å²) in [5.74, 6) is -1.15. The number of nitro groups is 1. The number of rotatable bonds is 6. The number of hydrogen-bond donors (Lipinski definition) is 2. The minimum atomic E-state index is -0.686. The number of benzene rings is 2. The van der Waals surface area contributed by atoms with E-state index in [-0.39, 0.29) is 22.9 Å². The van der Waals surface area contributed by atoms with E-state index in [1.54, 1.807) is 29.2 Å². The Morgan fingerprint density at radius 2 is 1.73 bits per heavy atom. The minimum Gasteiger partial charge on any atom is -0.507 e. The molecule has 2 amide bonds. The zero-order valence-electron chi connectivity index (χ0n) is 14.4. The monoisotopic (exact) mass is 357 g/mol. The van der Waals surface area contributed by atoms with Crippen molar-refractivity contribution in [1.82, 2.24) is 4.90 Å². The lowest BCUT2D eigenvalue weighted by molar-refractivity contribution is -0.384. The van der Waals surface area contributed by atoms with Gasteiger partial charge in [0, 0.05) is 36.5 Å². The number of nitro benzene ring substituents is 1. The number of nitrogens with one attached hydrogen (secondary N) is 1. The number of anilines is 1. The van der Waals surface area contributed by atoms with Crippen molar-refractivity contribution in [2.45, 2.75) is 13.8 Å². The lowest BCUT2D eigenvalue weighted by Gasteiger charge is -2.18. The van der Waals surface area contributed by atoms with Gasteiger partial charge in [0.15, 0.2) is 0 Å². The molecule has 0 aromatic heterocycles. The summed E-state index contributed by atoms with van der Waals surface area (Å²) in [5.41, 5.74) is 0.387. The van der Waals surface area contributed by atoms with Gasteiger partial charge in [-0.25, -0.2) is 0 Å². The number of hydrogen-bond acceptors (Lipinski definition) is 5. The van der Waals surface area contributed by atoms with Crippen LogP contribution in [0.4, 0.5) is 11.4 Å². The summed E-state index contributed by atoms with van der Waals surface area (Å²) < 4.78 is 0. The molecule has 0 unspecified atom stereocenters. The summed E-state index contributed by atoms with van der Waals surface area (Å²) in [7, 11) is 0. The van der Waals surface area contributed by atoms with E-state index in [9.17, 15) is 24.8 Å². The highest BCUT2D eigenvalue weighted by atomic mass is 16.6. The number of amides is 2. The average molecular weight is 357 g/mol. The minimum absolute atomic E-state index is 0.107. The van der Waals surface area contributed by atoms with Gasteiger partial charge in [0.05, 0.1) is 10.5 Å². The highest BCUT2D eigenvalue weighted by Gasteiger charge is 2.17.